The van der Waals surface area contributed by atoms with E-state index in [4.69, 9.17) is 4.74 Å². The molecule has 2 aliphatic rings. The minimum absolute atomic E-state index is 0.285. The maximum absolute atomic E-state index is 13.0. The van der Waals surface area contributed by atoms with Gasteiger partial charge in [0.25, 0.3) is 5.91 Å². The summed E-state index contributed by atoms with van der Waals surface area (Å²) in [6.45, 7) is 14.8. The third-order valence-electron chi connectivity index (χ3n) is 5.43. The van der Waals surface area contributed by atoms with Gasteiger partial charge < -0.3 is 19.9 Å². The van der Waals surface area contributed by atoms with Crippen molar-refractivity contribution in [1.82, 2.24) is 19.9 Å². The largest absolute Gasteiger partial charge is 0.444 e. The zero-order chi connectivity index (χ0) is 26.5. The summed E-state index contributed by atoms with van der Waals surface area (Å²) >= 11 is 1.42. The minimum atomic E-state index is -0.522. The Bertz CT molecular complexity index is 1090. The third kappa shape index (κ3) is 6.73. The molecule has 4 heterocycles. The fourth-order valence-corrected chi connectivity index (χ4v) is 4.69. The molecule has 0 aliphatic carbocycles. The maximum atomic E-state index is 13.0. The number of hydrazine groups is 1. The Morgan fingerprint density at radius 3 is 2.44 bits per heavy atom. The van der Waals surface area contributed by atoms with E-state index in [9.17, 15) is 9.59 Å². The van der Waals surface area contributed by atoms with Crippen LogP contribution in [0.15, 0.2) is 35.6 Å². The SMILES string of the molecule is CC.CC1=CN(c2nc(C(=O)Nc3cnccc3N3CCN(C(=O)OC(C)(C)C)CC3)cs2)N(C)C1. The van der Waals surface area contributed by atoms with Crippen LogP contribution in [-0.2, 0) is 4.74 Å². The number of carbonyl (C=O) groups is 2. The summed E-state index contributed by atoms with van der Waals surface area (Å²) in [5.74, 6) is -0.285. The molecule has 0 saturated carbocycles. The van der Waals surface area contributed by atoms with Crippen LogP contribution in [0.25, 0.3) is 0 Å². The lowest BCUT2D eigenvalue weighted by molar-refractivity contribution is 0.0240. The summed E-state index contributed by atoms with van der Waals surface area (Å²) in [5.41, 5.74) is 2.54. The van der Waals surface area contributed by atoms with Crippen LogP contribution in [0.4, 0.5) is 21.3 Å². The third-order valence-corrected chi connectivity index (χ3v) is 6.26. The first-order valence-electron chi connectivity index (χ1n) is 12.2. The number of nitrogens with zero attached hydrogens (tertiary/aromatic N) is 6. The maximum Gasteiger partial charge on any atom is 0.410 e. The second kappa shape index (κ2) is 11.7. The van der Waals surface area contributed by atoms with Crippen LogP contribution in [0, 0.1) is 0 Å². The molecule has 2 amide bonds. The monoisotopic (exact) mass is 515 g/mol. The Balaban J connectivity index is 0.00000176. The van der Waals surface area contributed by atoms with Gasteiger partial charge in [-0.25, -0.2) is 14.8 Å². The molecule has 0 unspecified atom stereocenters. The molecule has 10 nitrogen and oxygen atoms in total. The van der Waals surface area contributed by atoms with Crippen LogP contribution < -0.4 is 15.2 Å². The fourth-order valence-electron chi connectivity index (χ4n) is 3.86. The molecule has 1 N–H and O–H groups in total. The van der Waals surface area contributed by atoms with Crippen LogP contribution in [-0.4, -0.2) is 77.2 Å². The molecule has 0 radical (unpaired) electrons. The molecule has 11 heteroatoms. The Morgan fingerprint density at radius 1 is 1.14 bits per heavy atom. The van der Waals surface area contributed by atoms with Crippen LogP contribution in [0.2, 0.25) is 0 Å². The normalized spacial score (nSPS) is 16.3. The molecule has 2 aromatic heterocycles. The summed E-state index contributed by atoms with van der Waals surface area (Å²) in [7, 11) is 1.98. The summed E-state index contributed by atoms with van der Waals surface area (Å²) in [6.07, 6.45) is 5.06. The highest BCUT2D eigenvalue weighted by Crippen LogP contribution is 2.29. The van der Waals surface area contributed by atoms with Crippen molar-refractivity contribution in [3.05, 3.63) is 41.3 Å². The van der Waals surface area contributed by atoms with Gasteiger partial charge in [-0.05, 0) is 39.3 Å². The molecule has 196 valence electrons. The van der Waals surface area contributed by atoms with Gasteiger partial charge in [-0.2, -0.15) is 0 Å². The van der Waals surface area contributed by atoms with E-state index < -0.39 is 5.60 Å². The zero-order valence-electron chi connectivity index (χ0n) is 22.2. The molecule has 0 atom stereocenters. The average Bonchev–Trinajstić information content (AvgIpc) is 3.46. The van der Waals surface area contributed by atoms with E-state index in [-0.39, 0.29) is 12.0 Å². The van der Waals surface area contributed by atoms with Gasteiger partial charge in [-0.15, -0.1) is 11.3 Å². The topological polar surface area (TPSA) is 94.1 Å². The first-order chi connectivity index (χ1) is 17.1. The number of thiazole rings is 1. The van der Waals surface area contributed by atoms with Gasteiger partial charge in [0.1, 0.15) is 11.3 Å². The van der Waals surface area contributed by atoms with Crippen molar-refractivity contribution >= 4 is 39.8 Å². The van der Waals surface area contributed by atoms with Crippen molar-refractivity contribution in [2.24, 2.45) is 0 Å². The van der Waals surface area contributed by atoms with E-state index in [2.05, 4.69) is 27.1 Å². The molecule has 1 saturated heterocycles. The Kier molecular flexibility index (Phi) is 8.91. The first-order valence-corrected chi connectivity index (χ1v) is 13.1. The molecule has 0 aromatic carbocycles. The Morgan fingerprint density at radius 2 is 1.83 bits per heavy atom. The number of hydrogen-bond donors (Lipinski definition) is 1. The number of ether oxygens (including phenoxy) is 1. The standard InChI is InChI=1S/C23H31N7O3S.C2H6/c1-16-13-27(5)30(14-16)21-26-18(15-34-21)20(31)25-17-12-24-7-6-19(17)28-8-10-29(11-9-28)22(32)33-23(2,3)4;1-2/h6-7,12,14-15H,8-11,13H2,1-5H3,(H,25,31);1-2H3. The highest BCUT2D eigenvalue weighted by molar-refractivity contribution is 7.14. The number of carbonyl (C=O) groups excluding carboxylic acids is 2. The van der Waals surface area contributed by atoms with Gasteiger partial charge in [0.05, 0.1) is 17.6 Å². The quantitative estimate of drug-likeness (QED) is 0.639. The molecule has 2 aromatic rings. The molecule has 36 heavy (non-hydrogen) atoms. The molecule has 1 fully saturated rings. The Labute approximate surface area is 217 Å². The van der Waals surface area contributed by atoms with Crippen molar-refractivity contribution in [2.75, 3.05) is 55.0 Å². The number of piperazine rings is 1. The Hall–Kier alpha value is -3.18. The van der Waals surface area contributed by atoms with Gasteiger partial charge in [-0.3, -0.25) is 14.8 Å². The summed E-state index contributed by atoms with van der Waals surface area (Å²) in [4.78, 5) is 37.9. The molecule has 2 aliphatic heterocycles. The highest BCUT2D eigenvalue weighted by atomic mass is 32.1. The summed E-state index contributed by atoms with van der Waals surface area (Å²) < 4.78 is 5.48. The van der Waals surface area contributed by atoms with Gasteiger partial charge in [0, 0.05) is 57.5 Å². The number of rotatable bonds is 4. The molecule has 0 spiro atoms. The number of anilines is 3. The highest BCUT2D eigenvalue weighted by Gasteiger charge is 2.27. The average molecular weight is 516 g/mol. The van der Waals surface area contributed by atoms with Crippen LogP contribution >= 0.6 is 11.3 Å². The lowest BCUT2D eigenvalue weighted by atomic mass is 10.2. The second-order valence-corrected chi connectivity index (χ2v) is 10.3. The predicted octanol–water partition coefficient (Wildman–Crippen LogP) is 4.44. The van der Waals surface area contributed by atoms with E-state index in [0.29, 0.717) is 37.6 Å². The number of hydrogen-bond acceptors (Lipinski definition) is 9. The smallest absolute Gasteiger partial charge is 0.410 e. The first kappa shape index (κ1) is 27.4. The molecule has 4 rings (SSSR count). The summed E-state index contributed by atoms with van der Waals surface area (Å²) in [5, 5.41) is 9.47. The number of aromatic nitrogens is 2. The van der Waals surface area contributed by atoms with Crippen molar-refractivity contribution < 1.29 is 14.3 Å². The van der Waals surface area contributed by atoms with Gasteiger partial charge in [-0.1, -0.05) is 13.8 Å². The fraction of sp³-hybridized carbons (Fsp3) is 0.520. The van der Waals surface area contributed by atoms with E-state index in [1.807, 2.05) is 64.0 Å². The van der Waals surface area contributed by atoms with Gasteiger partial charge in [0.2, 0.25) is 5.13 Å². The van der Waals surface area contributed by atoms with Crippen molar-refractivity contribution in [3.63, 3.8) is 0 Å². The van der Waals surface area contributed by atoms with Gasteiger partial charge in [0.15, 0.2) is 0 Å². The van der Waals surface area contributed by atoms with E-state index in [0.717, 1.165) is 17.4 Å². The zero-order valence-corrected chi connectivity index (χ0v) is 23.1. The van der Waals surface area contributed by atoms with E-state index in [1.54, 1.807) is 22.7 Å². The molecule has 0 bridgehead atoms. The molecular weight excluding hydrogens is 478 g/mol. The predicted molar refractivity (Wildman–Crippen MR) is 145 cm³/mol. The minimum Gasteiger partial charge on any atom is -0.444 e. The van der Waals surface area contributed by atoms with Crippen LogP contribution in [0.1, 0.15) is 52.0 Å². The van der Waals surface area contributed by atoms with Crippen molar-refractivity contribution in [3.8, 4) is 0 Å². The van der Waals surface area contributed by atoms with E-state index >= 15 is 0 Å². The number of nitrogens with one attached hydrogen (secondary N) is 1. The van der Waals surface area contributed by atoms with Crippen LogP contribution in [0.5, 0.6) is 0 Å². The lowest BCUT2D eigenvalue weighted by Gasteiger charge is -2.37. The van der Waals surface area contributed by atoms with Crippen molar-refractivity contribution in [1.29, 1.82) is 0 Å². The van der Waals surface area contributed by atoms with E-state index in [1.165, 1.54) is 16.9 Å². The van der Waals surface area contributed by atoms with Crippen molar-refractivity contribution in [2.45, 2.75) is 47.1 Å². The lowest BCUT2D eigenvalue weighted by Crippen LogP contribution is -2.50. The van der Waals surface area contributed by atoms with Crippen LogP contribution in [0.3, 0.4) is 0 Å². The second-order valence-electron chi connectivity index (χ2n) is 9.45. The number of likely N-dealkylation sites (N-methyl/N-ethyl adjacent to an activating group) is 1. The van der Waals surface area contributed by atoms with Gasteiger partial charge >= 0.3 is 6.09 Å². The number of pyridine rings is 1. The molecular formula is C25H37N7O3S. The summed E-state index contributed by atoms with van der Waals surface area (Å²) in [6, 6.07) is 1.87. The number of amides is 2.